The maximum absolute atomic E-state index is 11.2. The van der Waals surface area contributed by atoms with Crippen LogP contribution in [0.15, 0.2) is 60.8 Å². The molecule has 5 heteroatoms. The fraction of sp³-hybridized carbons (Fsp3) is 0.0909. The zero-order valence-electron chi connectivity index (χ0n) is 14.9. The van der Waals surface area contributed by atoms with Crippen molar-refractivity contribution in [2.75, 3.05) is 14.2 Å². The number of ether oxygens (including phenoxy) is 2. The van der Waals surface area contributed by atoms with Crippen molar-refractivity contribution in [3.8, 4) is 32.4 Å². The van der Waals surface area contributed by atoms with Crippen LogP contribution in [0.3, 0.4) is 0 Å². The molecule has 0 atom stereocenters. The topological polar surface area (TPSA) is 48.4 Å². The number of carbonyl (C=O) groups is 1. The van der Waals surface area contributed by atoms with E-state index >= 15 is 0 Å². The fourth-order valence-corrected chi connectivity index (χ4v) is 4.26. The number of hydrogen-bond donors (Lipinski definition) is 0. The van der Waals surface area contributed by atoms with Crippen LogP contribution in [0, 0.1) is 0 Å². The van der Waals surface area contributed by atoms with Crippen LogP contribution in [0.4, 0.5) is 0 Å². The summed E-state index contributed by atoms with van der Waals surface area (Å²) in [5.41, 5.74) is 3.49. The van der Waals surface area contributed by atoms with E-state index in [4.69, 9.17) is 9.47 Å². The zero-order valence-corrected chi connectivity index (χ0v) is 15.7. The lowest BCUT2D eigenvalue weighted by Crippen LogP contribution is -1.91. The molecule has 0 unspecified atom stereocenters. The lowest BCUT2D eigenvalue weighted by atomic mass is 10.1. The van der Waals surface area contributed by atoms with Gasteiger partial charge in [-0.2, -0.15) is 0 Å². The van der Waals surface area contributed by atoms with Crippen molar-refractivity contribution in [2.45, 2.75) is 0 Å². The van der Waals surface area contributed by atoms with Crippen LogP contribution >= 0.6 is 11.3 Å². The number of fused-ring (bicyclic) bond motifs is 1. The second kappa shape index (κ2) is 7.21. The molecule has 2 aromatic heterocycles. The molecule has 2 heterocycles. The normalized spacial score (nSPS) is 10.7. The molecule has 0 N–H and O–H groups in total. The first-order valence-corrected chi connectivity index (χ1v) is 9.22. The molecule has 0 spiro atoms. The molecule has 0 amide bonds. The van der Waals surface area contributed by atoms with Crippen LogP contribution in [0.2, 0.25) is 0 Å². The Morgan fingerprint density at radius 2 is 1.67 bits per heavy atom. The van der Waals surface area contributed by atoms with Crippen LogP contribution in [-0.4, -0.2) is 25.5 Å². The van der Waals surface area contributed by atoms with E-state index in [1.807, 2.05) is 36.4 Å². The molecular formula is C22H17NO3S. The molecule has 4 nitrogen and oxygen atoms in total. The van der Waals surface area contributed by atoms with Gasteiger partial charge in [-0.05, 0) is 48.5 Å². The quantitative estimate of drug-likeness (QED) is 0.435. The van der Waals surface area contributed by atoms with Gasteiger partial charge in [-0.3, -0.25) is 9.78 Å². The highest BCUT2D eigenvalue weighted by molar-refractivity contribution is 7.19. The minimum absolute atomic E-state index is 0.639. The van der Waals surface area contributed by atoms with Gasteiger partial charge in [-0.15, -0.1) is 11.3 Å². The average molecular weight is 375 g/mol. The molecule has 27 heavy (non-hydrogen) atoms. The van der Waals surface area contributed by atoms with Crippen molar-refractivity contribution in [1.29, 1.82) is 0 Å². The minimum Gasteiger partial charge on any atom is -0.496 e. The van der Waals surface area contributed by atoms with E-state index in [0.717, 1.165) is 49.6 Å². The van der Waals surface area contributed by atoms with E-state index in [1.165, 1.54) is 0 Å². The van der Waals surface area contributed by atoms with Crippen molar-refractivity contribution in [3.05, 3.63) is 66.4 Å². The average Bonchev–Trinajstić information content (AvgIpc) is 3.21. The van der Waals surface area contributed by atoms with Gasteiger partial charge in [-0.25, -0.2) is 0 Å². The Balaban J connectivity index is 1.88. The van der Waals surface area contributed by atoms with Gasteiger partial charge in [0, 0.05) is 32.5 Å². The molecule has 0 aliphatic rings. The van der Waals surface area contributed by atoms with E-state index in [-0.39, 0.29) is 0 Å². The summed E-state index contributed by atoms with van der Waals surface area (Å²) in [7, 11) is 3.31. The van der Waals surface area contributed by atoms with Gasteiger partial charge < -0.3 is 9.47 Å². The van der Waals surface area contributed by atoms with E-state index in [0.29, 0.717) is 5.56 Å². The van der Waals surface area contributed by atoms with E-state index in [1.54, 1.807) is 37.8 Å². The third-order valence-electron chi connectivity index (χ3n) is 4.45. The number of nitrogens with zero attached hydrogens (tertiary/aromatic N) is 1. The number of rotatable bonds is 5. The van der Waals surface area contributed by atoms with E-state index in [9.17, 15) is 4.79 Å². The molecule has 0 saturated carbocycles. The summed E-state index contributed by atoms with van der Waals surface area (Å²) < 4.78 is 11.1. The molecule has 4 rings (SSSR count). The Labute approximate surface area is 161 Å². The van der Waals surface area contributed by atoms with Crippen molar-refractivity contribution in [2.24, 2.45) is 0 Å². The van der Waals surface area contributed by atoms with Crippen LogP contribution in [-0.2, 0) is 0 Å². The first kappa shape index (κ1) is 17.2. The highest BCUT2D eigenvalue weighted by atomic mass is 32.1. The number of benzene rings is 2. The third-order valence-corrected chi connectivity index (χ3v) is 5.58. The Kier molecular flexibility index (Phi) is 4.60. The number of pyridine rings is 1. The zero-order chi connectivity index (χ0) is 18.8. The predicted octanol–water partition coefficient (Wildman–Crippen LogP) is 5.46. The Hall–Kier alpha value is -3.18. The molecular weight excluding hydrogens is 358 g/mol. The van der Waals surface area contributed by atoms with Gasteiger partial charge >= 0.3 is 0 Å². The van der Waals surface area contributed by atoms with Gasteiger partial charge in [0.2, 0.25) is 0 Å². The summed E-state index contributed by atoms with van der Waals surface area (Å²) in [5, 5.41) is 0.961. The van der Waals surface area contributed by atoms with Gasteiger partial charge in [0.05, 0.1) is 25.3 Å². The highest BCUT2D eigenvalue weighted by Crippen LogP contribution is 2.44. The van der Waals surface area contributed by atoms with Crippen molar-refractivity contribution >= 4 is 28.5 Å². The smallest absolute Gasteiger partial charge is 0.150 e. The molecule has 0 aliphatic heterocycles. The number of thiophene rings is 1. The molecule has 0 bridgehead atoms. The van der Waals surface area contributed by atoms with Crippen molar-refractivity contribution in [3.63, 3.8) is 0 Å². The van der Waals surface area contributed by atoms with Gasteiger partial charge in [0.15, 0.2) is 0 Å². The van der Waals surface area contributed by atoms with Gasteiger partial charge in [-0.1, -0.05) is 6.07 Å². The highest BCUT2D eigenvalue weighted by Gasteiger charge is 2.16. The Morgan fingerprint density at radius 3 is 2.37 bits per heavy atom. The SMILES string of the molecule is COc1cccc(OC)c1-c1ccc(-c2ccnc3ccc(C=O)cc23)s1. The number of aromatic nitrogens is 1. The molecule has 4 aromatic rings. The Bertz CT molecular complexity index is 1110. The largest absolute Gasteiger partial charge is 0.496 e. The summed E-state index contributed by atoms with van der Waals surface area (Å²) in [6.07, 6.45) is 2.65. The second-order valence-electron chi connectivity index (χ2n) is 5.95. The minimum atomic E-state index is 0.639. The third kappa shape index (κ3) is 3.06. The standard InChI is InChI=1S/C22H17NO3S/c1-25-18-4-3-5-19(26-2)22(18)21-9-8-20(27-21)15-10-11-23-17-7-6-14(13-24)12-16(15)17/h3-13H,1-2H3. The monoisotopic (exact) mass is 375 g/mol. The molecule has 0 fully saturated rings. The summed E-state index contributed by atoms with van der Waals surface area (Å²) in [4.78, 5) is 17.7. The lowest BCUT2D eigenvalue weighted by Gasteiger charge is -2.11. The lowest BCUT2D eigenvalue weighted by molar-refractivity contribution is 0.112. The van der Waals surface area contributed by atoms with E-state index in [2.05, 4.69) is 17.1 Å². The predicted molar refractivity (Wildman–Crippen MR) is 109 cm³/mol. The number of carbonyl (C=O) groups excluding carboxylic acids is 1. The van der Waals surface area contributed by atoms with Crippen LogP contribution in [0.25, 0.3) is 31.8 Å². The summed E-state index contributed by atoms with van der Waals surface area (Å²) in [6.45, 7) is 0. The molecule has 134 valence electrons. The summed E-state index contributed by atoms with van der Waals surface area (Å²) in [5.74, 6) is 1.54. The Morgan fingerprint density at radius 1 is 0.926 bits per heavy atom. The molecule has 0 saturated heterocycles. The van der Waals surface area contributed by atoms with Crippen LogP contribution < -0.4 is 9.47 Å². The molecule has 0 aliphatic carbocycles. The summed E-state index contributed by atoms with van der Waals surface area (Å²) in [6, 6.07) is 17.4. The maximum atomic E-state index is 11.2. The summed E-state index contributed by atoms with van der Waals surface area (Å²) >= 11 is 1.65. The number of methoxy groups -OCH3 is 2. The van der Waals surface area contributed by atoms with E-state index < -0.39 is 0 Å². The van der Waals surface area contributed by atoms with Crippen LogP contribution in [0.1, 0.15) is 10.4 Å². The van der Waals surface area contributed by atoms with Crippen LogP contribution in [0.5, 0.6) is 11.5 Å². The molecule has 2 aromatic carbocycles. The first-order chi connectivity index (χ1) is 13.2. The maximum Gasteiger partial charge on any atom is 0.150 e. The fourth-order valence-electron chi connectivity index (χ4n) is 3.16. The van der Waals surface area contributed by atoms with Crippen molar-refractivity contribution < 1.29 is 14.3 Å². The molecule has 0 radical (unpaired) electrons. The number of hydrogen-bond acceptors (Lipinski definition) is 5. The second-order valence-corrected chi connectivity index (χ2v) is 7.04. The number of aldehydes is 1. The van der Waals surface area contributed by atoms with Gasteiger partial charge in [0.25, 0.3) is 0 Å². The first-order valence-electron chi connectivity index (χ1n) is 8.40. The van der Waals surface area contributed by atoms with Gasteiger partial charge in [0.1, 0.15) is 17.8 Å². The van der Waals surface area contributed by atoms with Crippen molar-refractivity contribution in [1.82, 2.24) is 4.98 Å².